The van der Waals surface area contributed by atoms with Crippen molar-refractivity contribution in [2.75, 3.05) is 6.61 Å². The SMILES string of the molecule is NC1C2CCC(C2)C1C(=O)OCCc1cccs1. The van der Waals surface area contributed by atoms with E-state index in [0.717, 1.165) is 19.3 Å². The van der Waals surface area contributed by atoms with Crippen molar-refractivity contribution < 1.29 is 9.53 Å². The quantitative estimate of drug-likeness (QED) is 0.849. The van der Waals surface area contributed by atoms with Gasteiger partial charge in [-0.1, -0.05) is 6.07 Å². The average molecular weight is 265 g/mol. The number of rotatable bonds is 4. The van der Waals surface area contributed by atoms with Crippen molar-refractivity contribution in [3.05, 3.63) is 22.4 Å². The molecule has 0 aliphatic heterocycles. The largest absolute Gasteiger partial charge is 0.465 e. The second kappa shape index (κ2) is 5.02. The Morgan fingerprint density at radius 2 is 2.28 bits per heavy atom. The lowest BCUT2D eigenvalue weighted by atomic mass is 9.85. The predicted octanol–water partition coefficient (Wildman–Crippen LogP) is 2.21. The van der Waals surface area contributed by atoms with Gasteiger partial charge in [-0.3, -0.25) is 4.79 Å². The molecular formula is C14H19NO2S. The van der Waals surface area contributed by atoms with Crippen LogP contribution in [0.5, 0.6) is 0 Å². The Balaban J connectivity index is 1.50. The van der Waals surface area contributed by atoms with Crippen molar-refractivity contribution in [3.63, 3.8) is 0 Å². The van der Waals surface area contributed by atoms with Crippen LogP contribution in [0.15, 0.2) is 17.5 Å². The third-order valence-corrected chi connectivity index (χ3v) is 5.36. The lowest BCUT2D eigenvalue weighted by Crippen LogP contribution is -2.41. The van der Waals surface area contributed by atoms with Crippen LogP contribution in [0.4, 0.5) is 0 Å². The number of carbonyl (C=O) groups excluding carboxylic acids is 1. The molecule has 1 heterocycles. The minimum atomic E-state index is -0.0637. The molecule has 3 rings (SSSR count). The normalized spacial score (nSPS) is 33.8. The van der Waals surface area contributed by atoms with Gasteiger partial charge in [0.05, 0.1) is 12.5 Å². The first-order valence-electron chi connectivity index (χ1n) is 6.70. The maximum Gasteiger partial charge on any atom is 0.310 e. The Bertz CT molecular complexity index is 415. The third-order valence-electron chi connectivity index (χ3n) is 4.43. The maximum absolute atomic E-state index is 12.1. The van der Waals surface area contributed by atoms with E-state index < -0.39 is 0 Å². The molecule has 4 unspecified atom stereocenters. The number of thiophene rings is 1. The molecule has 2 saturated carbocycles. The standard InChI is InChI=1S/C14H19NO2S/c15-13-10-4-3-9(8-10)12(13)14(16)17-6-5-11-2-1-7-18-11/h1-2,7,9-10,12-13H,3-6,8,15H2. The van der Waals surface area contributed by atoms with Gasteiger partial charge < -0.3 is 10.5 Å². The van der Waals surface area contributed by atoms with Crippen LogP contribution in [-0.4, -0.2) is 18.6 Å². The van der Waals surface area contributed by atoms with E-state index >= 15 is 0 Å². The van der Waals surface area contributed by atoms with E-state index in [9.17, 15) is 4.79 Å². The summed E-state index contributed by atoms with van der Waals surface area (Å²) in [7, 11) is 0. The molecule has 18 heavy (non-hydrogen) atoms. The average Bonchev–Trinajstić information content (AvgIpc) is 3.03. The molecule has 4 heteroatoms. The van der Waals surface area contributed by atoms with Gasteiger partial charge in [-0.05, 0) is 42.5 Å². The van der Waals surface area contributed by atoms with E-state index in [1.807, 2.05) is 11.4 Å². The first kappa shape index (κ1) is 12.2. The minimum absolute atomic E-state index is 0.0351. The van der Waals surface area contributed by atoms with E-state index in [1.165, 1.54) is 11.3 Å². The first-order chi connectivity index (χ1) is 8.75. The third kappa shape index (κ3) is 2.19. The fourth-order valence-electron chi connectivity index (χ4n) is 3.49. The van der Waals surface area contributed by atoms with Gasteiger partial charge in [-0.25, -0.2) is 0 Å². The highest BCUT2D eigenvalue weighted by Crippen LogP contribution is 2.47. The van der Waals surface area contributed by atoms with Gasteiger partial charge in [0, 0.05) is 17.3 Å². The first-order valence-corrected chi connectivity index (χ1v) is 7.58. The zero-order valence-electron chi connectivity index (χ0n) is 10.4. The van der Waals surface area contributed by atoms with Crippen molar-refractivity contribution in [3.8, 4) is 0 Å². The summed E-state index contributed by atoms with van der Waals surface area (Å²) < 4.78 is 5.41. The molecule has 98 valence electrons. The molecule has 2 aliphatic carbocycles. The Morgan fingerprint density at radius 1 is 1.44 bits per heavy atom. The fourth-order valence-corrected chi connectivity index (χ4v) is 4.18. The zero-order valence-corrected chi connectivity index (χ0v) is 11.2. The summed E-state index contributed by atoms with van der Waals surface area (Å²) in [5, 5.41) is 2.04. The van der Waals surface area contributed by atoms with E-state index in [4.69, 9.17) is 10.5 Å². The molecule has 0 saturated heterocycles. The van der Waals surface area contributed by atoms with Gasteiger partial charge in [0.25, 0.3) is 0 Å². The summed E-state index contributed by atoms with van der Waals surface area (Å²) in [6, 6.07) is 4.13. The Labute approximate surface area is 111 Å². The molecule has 2 aliphatic rings. The number of carbonyl (C=O) groups is 1. The Kier molecular flexibility index (Phi) is 3.39. The van der Waals surface area contributed by atoms with Crippen LogP contribution < -0.4 is 5.73 Å². The molecule has 0 aromatic carbocycles. The zero-order chi connectivity index (χ0) is 12.5. The molecule has 2 bridgehead atoms. The molecule has 1 aromatic heterocycles. The summed E-state index contributed by atoms with van der Waals surface area (Å²) in [5.74, 6) is 0.947. The van der Waals surface area contributed by atoms with Crippen molar-refractivity contribution >= 4 is 17.3 Å². The highest BCUT2D eigenvalue weighted by atomic mass is 32.1. The van der Waals surface area contributed by atoms with Crippen molar-refractivity contribution in [2.24, 2.45) is 23.5 Å². The van der Waals surface area contributed by atoms with Crippen LogP contribution >= 0.6 is 11.3 Å². The number of esters is 1. The number of ether oxygens (including phenoxy) is 1. The second-order valence-corrected chi connectivity index (χ2v) is 6.47. The molecule has 0 spiro atoms. The Hall–Kier alpha value is -0.870. The number of fused-ring (bicyclic) bond motifs is 2. The lowest BCUT2D eigenvalue weighted by molar-refractivity contribution is -0.150. The minimum Gasteiger partial charge on any atom is -0.465 e. The van der Waals surface area contributed by atoms with Crippen LogP contribution in [0.2, 0.25) is 0 Å². The van der Waals surface area contributed by atoms with Crippen LogP contribution in [0.3, 0.4) is 0 Å². The van der Waals surface area contributed by atoms with Gasteiger partial charge >= 0.3 is 5.97 Å². The van der Waals surface area contributed by atoms with Crippen molar-refractivity contribution in [1.82, 2.24) is 0 Å². The molecule has 4 atom stereocenters. The predicted molar refractivity (Wildman–Crippen MR) is 71.3 cm³/mol. The summed E-state index contributed by atoms with van der Waals surface area (Å²) in [6.07, 6.45) is 4.30. The molecule has 3 nitrogen and oxygen atoms in total. The molecular weight excluding hydrogens is 246 g/mol. The fraction of sp³-hybridized carbons (Fsp3) is 0.643. The van der Waals surface area contributed by atoms with Gasteiger partial charge in [0.15, 0.2) is 0 Å². The van der Waals surface area contributed by atoms with Crippen LogP contribution in [-0.2, 0) is 16.0 Å². The van der Waals surface area contributed by atoms with Crippen molar-refractivity contribution in [2.45, 2.75) is 31.7 Å². The van der Waals surface area contributed by atoms with Crippen molar-refractivity contribution in [1.29, 1.82) is 0 Å². The molecule has 1 aromatic rings. The number of nitrogens with two attached hydrogens (primary N) is 1. The van der Waals surface area contributed by atoms with Gasteiger partial charge in [-0.15, -0.1) is 11.3 Å². The maximum atomic E-state index is 12.1. The molecule has 0 amide bonds. The molecule has 0 radical (unpaired) electrons. The number of hydrogen-bond acceptors (Lipinski definition) is 4. The summed E-state index contributed by atoms with van der Waals surface area (Å²) in [5.41, 5.74) is 6.13. The summed E-state index contributed by atoms with van der Waals surface area (Å²) >= 11 is 1.70. The number of hydrogen-bond donors (Lipinski definition) is 1. The lowest BCUT2D eigenvalue weighted by Gasteiger charge is -2.26. The second-order valence-electron chi connectivity index (χ2n) is 5.43. The molecule has 2 fully saturated rings. The Morgan fingerprint density at radius 3 is 2.94 bits per heavy atom. The van der Waals surface area contributed by atoms with E-state index in [1.54, 1.807) is 11.3 Å². The van der Waals surface area contributed by atoms with Gasteiger partial charge in [0.2, 0.25) is 0 Å². The van der Waals surface area contributed by atoms with E-state index in [-0.39, 0.29) is 17.9 Å². The van der Waals surface area contributed by atoms with Crippen LogP contribution in [0.25, 0.3) is 0 Å². The highest BCUT2D eigenvalue weighted by molar-refractivity contribution is 7.09. The highest BCUT2D eigenvalue weighted by Gasteiger charge is 2.49. The summed E-state index contributed by atoms with van der Waals surface area (Å²) in [4.78, 5) is 13.3. The smallest absolute Gasteiger partial charge is 0.310 e. The van der Waals surface area contributed by atoms with E-state index in [0.29, 0.717) is 18.4 Å². The summed E-state index contributed by atoms with van der Waals surface area (Å²) in [6.45, 7) is 0.486. The monoisotopic (exact) mass is 265 g/mol. The van der Waals surface area contributed by atoms with Crippen LogP contribution in [0, 0.1) is 17.8 Å². The molecule has 2 N–H and O–H groups in total. The van der Waals surface area contributed by atoms with Gasteiger partial charge in [0.1, 0.15) is 0 Å². The van der Waals surface area contributed by atoms with Gasteiger partial charge in [-0.2, -0.15) is 0 Å². The van der Waals surface area contributed by atoms with E-state index in [2.05, 4.69) is 6.07 Å². The van der Waals surface area contributed by atoms with Crippen LogP contribution in [0.1, 0.15) is 24.1 Å². The topological polar surface area (TPSA) is 52.3 Å².